The predicted molar refractivity (Wildman–Crippen MR) is 90.2 cm³/mol. The maximum Gasteiger partial charge on any atom is 0.240 e. The van der Waals surface area contributed by atoms with Gasteiger partial charge < -0.3 is 0 Å². The van der Waals surface area contributed by atoms with Crippen LogP contribution in [0.25, 0.3) is 0 Å². The highest BCUT2D eigenvalue weighted by Crippen LogP contribution is 2.21. The molecule has 23 heavy (non-hydrogen) atoms. The molecule has 0 fully saturated rings. The van der Waals surface area contributed by atoms with Crippen molar-refractivity contribution in [2.45, 2.75) is 44.0 Å². The third-order valence-electron chi connectivity index (χ3n) is 4.21. The Bertz CT molecular complexity index is 815. The van der Waals surface area contributed by atoms with E-state index in [1.807, 2.05) is 17.8 Å². The summed E-state index contributed by atoms with van der Waals surface area (Å²) in [5.74, 6) is 0. The van der Waals surface area contributed by atoms with Gasteiger partial charge in [-0.1, -0.05) is 17.7 Å². The SMILES string of the molecule is Cc1ccc(S(=O)(=O)NCCn2ncc3c2CCCC3)cc1Cl. The first-order valence-corrected chi connectivity index (χ1v) is 9.63. The van der Waals surface area contributed by atoms with Crippen molar-refractivity contribution in [2.75, 3.05) is 6.54 Å². The topological polar surface area (TPSA) is 64.0 Å². The standard InChI is InChI=1S/C16H20ClN3O2S/c1-12-6-7-14(10-15(12)17)23(21,22)19-8-9-20-16-5-3-2-4-13(16)11-18-20/h6-7,10-11,19H,2-5,8-9H2,1H3. The monoisotopic (exact) mass is 353 g/mol. The van der Waals surface area contributed by atoms with Gasteiger partial charge in [0.05, 0.1) is 17.6 Å². The third-order valence-corrected chi connectivity index (χ3v) is 6.08. The molecule has 1 heterocycles. The average molecular weight is 354 g/mol. The summed E-state index contributed by atoms with van der Waals surface area (Å²) in [7, 11) is -3.55. The Morgan fingerprint density at radius 2 is 2.09 bits per heavy atom. The molecule has 0 aliphatic heterocycles. The summed E-state index contributed by atoms with van der Waals surface area (Å²) in [6, 6.07) is 4.76. The van der Waals surface area contributed by atoms with Crippen molar-refractivity contribution >= 4 is 21.6 Å². The first-order chi connectivity index (χ1) is 11.0. The number of fused-ring (bicyclic) bond motifs is 1. The van der Waals surface area contributed by atoms with Crippen LogP contribution in [0.15, 0.2) is 29.3 Å². The summed E-state index contributed by atoms with van der Waals surface area (Å²) >= 11 is 6.01. The molecule has 124 valence electrons. The number of benzene rings is 1. The maximum atomic E-state index is 12.3. The maximum absolute atomic E-state index is 12.3. The number of sulfonamides is 1. The molecule has 0 radical (unpaired) electrons. The third kappa shape index (κ3) is 3.59. The van der Waals surface area contributed by atoms with Crippen LogP contribution in [-0.4, -0.2) is 24.7 Å². The number of aryl methyl sites for hydroxylation is 2. The summed E-state index contributed by atoms with van der Waals surface area (Å²) in [4.78, 5) is 0.190. The molecular weight excluding hydrogens is 334 g/mol. The molecule has 1 aromatic carbocycles. The normalized spacial score (nSPS) is 14.7. The van der Waals surface area contributed by atoms with Gasteiger partial charge in [0.1, 0.15) is 0 Å². The van der Waals surface area contributed by atoms with Crippen LogP contribution >= 0.6 is 11.6 Å². The number of hydrogen-bond donors (Lipinski definition) is 1. The second-order valence-corrected chi connectivity index (χ2v) is 8.03. The minimum atomic E-state index is -3.55. The molecule has 1 aromatic heterocycles. The number of hydrogen-bond acceptors (Lipinski definition) is 3. The Kier molecular flexibility index (Phi) is 4.75. The van der Waals surface area contributed by atoms with Crippen LogP contribution in [-0.2, 0) is 29.4 Å². The summed E-state index contributed by atoms with van der Waals surface area (Å²) in [6.07, 6.45) is 6.38. The number of nitrogens with zero attached hydrogens (tertiary/aromatic N) is 2. The zero-order valence-electron chi connectivity index (χ0n) is 13.0. The van der Waals surface area contributed by atoms with Crippen molar-refractivity contribution in [3.05, 3.63) is 46.2 Å². The lowest BCUT2D eigenvalue weighted by molar-refractivity contribution is 0.538. The molecule has 1 aliphatic carbocycles. The highest BCUT2D eigenvalue weighted by atomic mass is 35.5. The van der Waals surface area contributed by atoms with Gasteiger partial charge in [-0.25, -0.2) is 13.1 Å². The molecule has 1 N–H and O–H groups in total. The lowest BCUT2D eigenvalue weighted by Crippen LogP contribution is -2.28. The average Bonchev–Trinajstić information content (AvgIpc) is 2.93. The lowest BCUT2D eigenvalue weighted by atomic mass is 9.98. The van der Waals surface area contributed by atoms with Crippen LogP contribution in [0.5, 0.6) is 0 Å². The van der Waals surface area contributed by atoms with Gasteiger partial charge in [-0.3, -0.25) is 4.68 Å². The summed E-state index contributed by atoms with van der Waals surface area (Å²) in [5, 5.41) is 4.83. The van der Waals surface area contributed by atoms with Crippen molar-refractivity contribution in [3.8, 4) is 0 Å². The molecule has 1 aliphatic rings. The highest BCUT2D eigenvalue weighted by Gasteiger charge is 2.17. The second-order valence-electron chi connectivity index (χ2n) is 5.86. The fourth-order valence-electron chi connectivity index (χ4n) is 2.86. The zero-order valence-corrected chi connectivity index (χ0v) is 14.6. The molecule has 3 rings (SSSR count). The number of halogens is 1. The molecule has 2 aromatic rings. The van der Waals surface area contributed by atoms with E-state index in [2.05, 4.69) is 9.82 Å². The fraction of sp³-hybridized carbons (Fsp3) is 0.438. The number of nitrogens with one attached hydrogen (secondary N) is 1. The van der Waals surface area contributed by atoms with E-state index in [1.54, 1.807) is 12.1 Å². The first-order valence-electron chi connectivity index (χ1n) is 7.77. The molecular formula is C16H20ClN3O2S. The molecule has 0 atom stereocenters. The molecule has 0 bridgehead atoms. The van der Waals surface area contributed by atoms with Crippen molar-refractivity contribution in [2.24, 2.45) is 0 Å². The second kappa shape index (κ2) is 6.63. The molecule has 0 amide bonds. The molecule has 0 spiro atoms. The van der Waals surface area contributed by atoms with Crippen molar-refractivity contribution in [1.82, 2.24) is 14.5 Å². The van der Waals surface area contributed by atoms with Crippen LogP contribution < -0.4 is 4.72 Å². The van der Waals surface area contributed by atoms with Crippen LogP contribution in [0.2, 0.25) is 5.02 Å². The first kappa shape index (κ1) is 16.5. The van der Waals surface area contributed by atoms with Gasteiger partial charge in [0, 0.05) is 17.3 Å². The summed E-state index contributed by atoms with van der Waals surface area (Å²) < 4.78 is 29.2. The van der Waals surface area contributed by atoms with Crippen molar-refractivity contribution in [3.63, 3.8) is 0 Å². The smallest absolute Gasteiger partial charge is 0.240 e. The number of aromatic nitrogens is 2. The van der Waals surface area contributed by atoms with Gasteiger partial charge in [-0.15, -0.1) is 0 Å². The van der Waals surface area contributed by atoms with E-state index in [-0.39, 0.29) is 4.90 Å². The Morgan fingerprint density at radius 3 is 2.87 bits per heavy atom. The van der Waals surface area contributed by atoms with Crippen LogP contribution in [0.4, 0.5) is 0 Å². The summed E-state index contributed by atoms with van der Waals surface area (Å²) in [6.45, 7) is 2.68. The van der Waals surface area contributed by atoms with Gasteiger partial charge >= 0.3 is 0 Å². The van der Waals surface area contributed by atoms with Crippen LogP contribution in [0.1, 0.15) is 29.7 Å². The minimum Gasteiger partial charge on any atom is -0.268 e. The van der Waals surface area contributed by atoms with Crippen LogP contribution in [0, 0.1) is 6.92 Å². The van der Waals surface area contributed by atoms with E-state index < -0.39 is 10.0 Å². The highest BCUT2D eigenvalue weighted by molar-refractivity contribution is 7.89. The van der Waals surface area contributed by atoms with Crippen molar-refractivity contribution < 1.29 is 8.42 Å². The Balaban J connectivity index is 1.65. The Hall–Kier alpha value is -1.37. The summed E-state index contributed by atoms with van der Waals surface area (Å²) in [5.41, 5.74) is 3.40. The molecule has 0 unspecified atom stereocenters. The van der Waals surface area contributed by atoms with E-state index in [0.717, 1.165) is 18.4 Å². The van der Waals surface area contributed by atoms with E-state index in [1.165, 1.54) is 30.2 Å². The van der Waals surface area contributed by atoms with Crippen molar-refractivity contribution in [1.29, 1.82) is 0 Å². The van der Waals surface area contributed by atoms with Crippen LogP contribution in [0.3, 0.4) is 0 Å². The van der Waals surface area contributed by atoms with Gasteiger partial charge in [0.25, 0.3) is 0 Å². The Morgan fingerprint density at radius 1 is 1.30 bits per heavy atom. The zero-order chi connectivity index (χ0) is 16.4. The molecule has 7 heteroatoms. The largest absolute Gasteiger partial charge is 0.268 e. The van der Waals surface area contributed by atoms with E-state index in [9.17, 15) is 8.42 Å². The van der Waals surface area contributed by atoms with E-state index >= 15 is 0 Å². The fourth-order valence-corrected chi connectivity index (χ4v) is 4.15. The van der Waals surface area contributed by atoms with E-state index in [4.69, 9.17) is 11.6 Å². The lowest BCUT2D eigenvalue weighted by Gasteiger charge is -2.14. The minimum absolute atomic E-state index is 0.190. The van der Waals surface area contributed by atoms with Gasteiger partial charge in [-0.2, -0.15) is 5.10 Å². The predicted octanol–water partition coefficient (Wildman–Crippen LogP) is 2.70. The van der Waals surface area contributed by atoms with Gasteiger partial charge in [0.2, 0.25) is 10.0 Å². The van der Waals surface area contributed by atoms with E-state index in [0.29, 0.717) is 18.1 Å². The Labute approximate surface area is 141 Å². The molecule has 5 nitrogen and oxygen atoms in total. The molecule has 0 saturated carbocycles. The van der Waals surface area contributed by atoms with Gasteiger partial charge in [-0.05, 0) is 55.9 Å². The quantitative estimate of drug-likeness (QED) is 0.898. The van der Waals surface area contributed by atoms with Gasteiger partial charge in [0.15, 0.2) is 0 Å². The molecule has 0 saturated heterocycles. The number of rotatable bonds is 5.